The normalized spacial score (nSPS) is 11.6. The van der Waals surface area contributed by atoms with E-state index in [4.69, 9.17) is 5.11 Å². The Morgan fingerprint density at radius 3 is 2.45 bits per heavy atom. The topological polar surface area (TPSA) is 86.2 Å². The molecule has 1 heterocycles. The maximum absolute atomic E-state index is 12.8. The minimum Gasteiger partial charge on any atom is -0.506 e. The van der Waals surface area contributed by atoms with Crippen molar-refractivity contribution in [3.63, 3.8) is 0 Å². The molecule has 0 aliphatic heterocycles. The number of rotatable bonds is 2. The molecule has 9 heteroatoms. The molecule has 2 rings (SSSR count). The highest BCUT2D eigenvalue weighted by molar-refractivity contribution is 9.10. The van der Waals surface area contributed by atoms with Gasteiger partial charge in [0.1, 0.15) is 11.4 Å². The molecule has 0 fully saturated rings. The minimum absolute atomic E-state index is 0.0192. The van der Waals surface area contributed by atoms with Crippen LogP contribution in [-0.4, -0.2) is 26.4 Å². The van der Waals surface area contributed by atoms with Crippen LogP contribution in [0.2, 0.25) is 0 Å². The second-order valence-electron chi connectivity index (χ2n) is 3.82. The van der Waals surface area contributed by atoms with Crippen molar-refractivity contribution in [2.75, 3.05) is 0 Å². The number of aromatic carboxylic acids is 1. The van der Waals surface area contributed by atoms with E-state index in [1.54, 1.807) is 0 Å². The van der Waals surface area contributed by atoms with Gasteiger partial charge in [0, 0.05) is 5.56 Å². The molecule has 0 saturated heterocycles. The molecule has 0 bridgehead atoms. The Labute approximate surface area is 118 Å². The number of phenols is 1. The lowest BCUT2D eigenvalue weighted by molar-refractivity contribution is -0.138. The molecule has 0 atom stereocenters. The van der Waals surface area contributed by atoms with E-state index in [2.05, 4.69) is 26.1 Å². The van der Waals surface area contributed by atoms with Crippen LogP contribution >= 0.6 is 15.9 Å². The van der Waals surface area contributed by atoms with Crippen LogP contribution in [-0.2, 0) is 6.18 Å². The van der Waals surface area contributed by atoms with Crippen molar-refractivity contribution in [1.29, 1.82) is 0 Å². The smallest absolute Gasteiger partial charge is 0.420 e. The van der Waals surface area contributed by atoms with Crippen LogP contribution in [0.4, 0.5) is 13.2 Å². The van der Waals surface area contributed by atoms with Crippen molar-refractivity contribution in [2.24, 2.45) is 0 Å². The van der Waals surface area contributed by atoms with Gasteiger partial charge in [0.25, 0.3) is 0 Å². The van der Waals surface area contributed by atoms with Gasteiger partial charge in [-0.2, -0.15) is 18.3 Å². The molecule has 0 aliphatic carbocycles. The van der Waals surface area contributed by atoms with Gasteiger partial charge in [-0.1, -0.05) is 0 Å². The third-order valence-corrected chi connectivity index (χ3v) is 3.08. The van der Waals surface area contributed by atoms with E-state index >= 15 is 0 Å². The second kappa shape index (κ2) is 4.82. The first-order valence-corrected chi connectivity index (χ1v) is 5.88. The van der Waals surface area contributed by atoms with E-state index in [1.807, 2.05) is 0 Å². The van der Waals surface area contributed by atoms with Crippen LogP contribution in [0.25, 0.3) is 11.3 Å². The third-order valence-electron chi connectivity index (χ3n) is 2.47. The number of aromatic hydroxyl groups is 1. The van der Waals surface area contributed by atoms with Crippen molar-refractivity contribution < 1.29 is 28.2 Å². The van der Waals surface area contributed by atoms with E-state index in [0.717, 1.165) is 6.07 Å². The van der Waals surface area contributed by atoms with Gasteiger partial charge in [-0.05, 0) is 34.1 Å². The molecule has 3 N–H and O–H groups in total. The summed E-state index contributed by atoms with van der Waals surface area (Å²) < 4.78 is 38.1. The van der Waals surface area contributed by atoms with Crippen molar-refractivity contribution in [1.82, 2.24) is 10.2 Å². The largest absolute Gasteiger partial charge is 0.506 e. The molecule has 0 aliphatic rings. The van der Waals surface area contributed by atoms with Crippen molar-refractivity contribution >= 4 is 21.9 Å². The third kappa shape index (κ3) is 2.62. The fourth-order valence-corrected chi connectivity index (χ4v) is 2.00. The van der Waals surface area contributed by atoms with Gasteiger partial charge in [-0.25, -0.2) is 4.79 Å². The van der Waals surface area contributed by atoms with Gasteiger partial charge in [0.15, 0.2) is 0 Å². The zero-order valence-corrected chi connectivity index (χ0v) is 11.1. The molecule has 0 radical (unpaired) electrons. The highest BCUT2D eigenvalue weighted by Gasteiger charge is 2.35. The summed E-state index contributed by atoms with van der Waals surface area (Å²) in [6.45, 7) is 0. The van der Waals surface area contributed by atoms with Gasteiger partial charge in [-0.3, -0.25) is 5.10 Å². The van der Waals surface area contributed by atoms with E-state index in [1.165, 1.54) is 6.07 Å². The van der Waals surface area contributed by atoms with E-state index in [9.17, 15) is 23.1 Å². The molecular formula is C11H6BrF3N2O3. The number of carboxylic acid groups (broad SMARTS) is 1. The van der Waals surface area contributed by atoms with Crippen molar-refractivity contribution in [3.8, 4) is 17.0 Å². The monoisotopic (exact) mass is 350 g/mol. The summed E-state index contributed by atoms with van der Waals surface area (Å²) in [5.41, 5.74) is -1.45. The highest BCUT2D eigenvalue weighted by Crippen LogP contribution is 2.42. The number of nitrogens with zero attached hydrogens (tertiary/aromatic N) is 1. The van der Waals surface area contributed by atoms with Gasteiger partial charge in [0.05, 0.1) is 15.7 Å². The summed E-state index contributed by atoms with van der Waals surface area (Å²) in [5, 5.41) is 23.9. The lowest BCUT2D eigenvalue weighted by Gasteiger charge is -2.11. The number of halogens is 4. The fourth-order valence-electron chi connectivity index (χ4n) is 1.54. The Hall–Kier alpha value is -2.03. The molecule has 106 valence electrons. The van der Waals surface area contributed by atoms with Crippen LogP contribution in [0.5, 0.6) is 5.75 Å². The summed E-state index contributed by atoms with van der Waals surface area (Å²) in [7, 11) is 0. The van der Waals surface area contributed by atoms with Gasteiger partial charge in [-0.15, -0.1) is 0 Å². The number of carboxylic acids is 1. The summed E-state index contributed by atoms with van der Waals surface area (Å²) in [6, 6.07) is 3.01. The molecule has 0 amide bonds. The van der Waals surface area contributed by atoms with Crippen LogP contribution in [0.1, 0.15) is 16.1 Å². The maximum Gasteiger partial charge on any atom is 0.420 e. The Kier molecular flexibility index (Phi) is 3.46. The van der Waals surface area contributed by atoms with E-state index < -0.39 is 23.5 Å². The van der Waals surface area contributed by atoms with Crippen LogP contribution < -0.4 is 0 Å². The maximum atomic E-state index is 12.8. The Morgan fingerprint density at radius 2 is 1.95 bits per heavy atom. The fraction of sp³-hybridized carbons (Fsp3) is 0.0909. The molecule has 5 nitrogen and oxygen atoms in total. The number of hydrogen-bond donors (Lipinski definition) is 3. The van der Waals surface area contributed by atoms with Gasteiger partial charge in [0.2, 0.25) is 0 Å². The number of benzene rings is 1. The number of hydrogen-bond acceptors (Lipinski definition) is 3. The number of aromatic nitrogens is 2. The molecule has 0 spiro atoms. The first-order valence-electron chi connectivity index (χ1n) is 5.09. The number of aromatic amines is 1. The SMILES string of the molecule is O=C(O)c1cc(-c2cc(Br)c(O)c(C(F)(F)F)c2)n[nH]1. The Balaban J connectivity index is 2.57. The summed E-state index contributed by atoms with van der Waals surface area (Å²) in [5.74, 6) is -2.21. The zero-order valence-electron chi connectivity index (χ0n) is 9.49. The quantitative estimate of drug-likeness (QED) is 0.775. The number of nitrogens with one attached hydrogen (secondary N) is 1. The first-order chi connectivity index (χ1) is 9.20. The highest BCUT2D eigenvalue weighted by atomic mass is 79.9. The molecule has 0 unspecified atom stereocenters. The molecule has 1 aromatic heterocycles. The minimum atomic E-state index is -4.74. The number of carbonyl (C=O) groups is 1. The summed E-state index contributed by atoms with van der Waals surface area (Å²) in [4.78, 5) is 10.7. The van der Waals surface area contributed by atoms with E-state index in [-0.39, 0.29) is 21.4 Å². The molecule has 20 heavy (non-hydrogen) atoms. The van der Waals surface area contributed by atoms with Crippen molar-refractivity contribution in [3.05, 3.63) is 33.9 Å². The molecule has 2 aromatic rings. The summed E-state index contributed by atoms with van der Waals surface area (Å²) in [6.07, 6.45) is -4.74. The number of H-pyrrole nitrogens is 1. The predicted molar refractivity (Wildman–Crippen MR) is 65.3 cm³/mol. The molecular weight excluding hydrogens is 345 g/mol. The standard InChI is InChI=1S/C11H6BrF3N2O3/c12-6-2-4(1-5(9(6)18)11(13,14)15)7-3-8(10(19)20)17-16-7/h1-3,18H,(H,16,17)(H,19,20). The van der Waals surface area contributed by atoms with Gasteiger partial charge >= 0.3 is 12.1 Å². The van der Waals surface area contributed by atoms with Gasteiger partial charge < -0.3 is 10.2 Å². The van der Waals surface area contributed by atoms with E-state index in [0.29, 0.717) is 6.07 Å². The van der Waals surface area contributed by atoms with Crippen LogP contribution in [0, 0.1) is 0 Å². The second-order valence-corrected chi connectivity index (χ2v) is 4.68. The lowest BCUT2D eigenvalue weighted by atomic mass is 10.1. The predicted octanol–water partition coefficient (Wildman–Crippen LogP) is 3.26. The number of alkyl halides is 3. The lowest BCUT2D eigenvalue weighted by Crippen LogP contribution is -2.05. The zero-order chi connectivity index (χ0) is 15.1. The Morgan fingerprint density at radius 1 is 1.30 bits per heavy atom. The first kappa shape index (κ1) is 14.4. The van der Waals surface area contributed by atoms with Crippen molar-refractivity contribution in [2.45, 2.75) is 6.18 Å². The van der Waals surface area contributed by atoms with Crippen LogP contribution in [0.15, 0.2) is 22.7 Å². The average Bonchev–Trinajstić information content (AvgIpc) is 2.80. The molecule has 0 saturated carbocycles. The Bertz CT molecular complexity index is 682. The van der Waals surface area contributed by atoms with Crippen LogP contribution in [0.3, 0.4) is 0 Å². The average molecular weight is 351 g/mol. The number of phenolic OH excluding ortho intramolecular Hbond substituents is 1. The summed E-state index contributed by atoms with van der Waals surface area (Å²) >= 11 is 2.82. The molecule has 1 aromatic carbocycles.